The van der Waals surface area contributed by atoms with E-state index in [1.165, 1.54) is 0 Å². The highest BCUT2D eigenvalue weighted by molar-refractivity contribution is 5.70. The summed E-state index contributed by atoms with van der Waals surface area (Å²) < 4.78 is 0. The van der Waals surface area contributed by atoms with Gasteiger partial charge in [0.05, 0.1) is 23.4 Å². The molecule has 1 unspecified atom stereocenters. The van der Waals surface area contributed by atoms with E-state index in [9.17, 15) is 0 Å². The number of para-hydroxylation sites is 1. The van der Waals surface area contributed by atoms with Crippen LogP contribution in [-0.2, 0) is 0 Å². The molecule has 0 radical (unpaired) electrons. The standard InChI is InChI=1S/C13H19N3/c1-4-16(9-10(2)8-14)12-7-5-6-11(3)13(12)15/h5-7,10H,4,9,15H2,1-3H3. The Labute approximate surface area is 97.5 Å². The van der Waals surface area contributed by atoms with E-state index in [0.29, 0.717) is 0 Å². The fraction of sp³-hybridized carbons (Fsp3) is 0.462. The number of aryl methyl sites for hydroxylation is 1. The summed E-state index contributed by atoms with van der Waals surface area (Å²) in [6.07, 6.45) is 0. The first-order chi connectivity index (χ1) is 7.60. The molecule has 16 heavy (non-hydrogen) atoms. The molecule has 0 amide bonds. The van der Waals surface area contributed by atoms with Crippen molar-refractivity contribution < 1.29 is 0 Å². The van der Waals surface area contributed by atoms with Crippen LogP contribution < -0.4 is 10.6 Å². The van der Waals surface area contributed by atoms with Crippen molar-refractivity contribution in [3.8, 4) is 6.07 Å². The molecule has 0 heterocycles. The third-order valence-electron chi connectivity index (χ3n) is 2.74. The molecule has 1 aromatic carbocycles. The van der Waals surface area contributed by atoms with E-state index in [2.05, 4.69) is 17.9 Å². The van der Waals surface area contributed by atoms with Crippen molar-refractivity contribution in [1.29, 1.82) is 5.26 Å². The molecule has 0 aromatic heterocycles. The van der Waals surface area contributed by atoms with Crippen molar-refractivity contribution in [2.24, 2.45) is 5.92 Å². The molecule has 0 aliphatic rings. The van der Waals surface area contributed by atoms with Crippen LogP contribution in [0, 0.1) is 24.2 Å². The van der Waals surface area contributed by atoms with Crippen molar-refractivity contribution in [3.05, 3.63) is 23.8 Å². The highest BCUT2D eigenvalue weighted by Gasteiger charge is 2.12. The number of nitrogen functional groups attached to an aromatic ring is 1. The second kappa shape index (κ2) is 5.41. The van der Waals surface area contributed by atoms with Gasteiger partial charge >= 0.3 is 0 Å². The third kappa shape index (κ3) is 2.66. The van der Waals surface area contributed by atoms with Crippen LogP contribution in [0.25, 0.3) is 0 Å². The van der Waals surface area contributed by atoms with E-state index in [4.69, 9.17) is 11.0 Å². The van der Waals surface area contributed by atoms with E-state index in [-0.39, 0.29) is 5.92 Å². The third-order valence-corrected chi connectivity index (χ3v) is 2.74. The molecular weight excluding hydrogens is 198 g/mol. The maximum absolute atomic E-state index is 8.84. The van der Waals surface area contributed by atoms with Gasteiger partial charge in [-0.1, -0.05) is 12.1 Å². The van der Waals surface area contributed by atoms with E-state index < -0.39 is 0 Å². The summed E-state index contributed by atoms with van der Waals surface area (Å²) in [5.41, 5.74) is 8.98. The molecule has 86 valence electrons. The van der Waals surface area contributed by atoms with Gasteiger partial charge in [0, 0.05) is 13.1 Å². The second-order valence-corrected chi connectivity index (χ2v) is 4.08. The molecule has 1 rings (SSSR count). The zero-order chi connectivity index (χ0) is 12.1. The lowest BCUT2D eigenvalue weighted by molar-refractivity contribution is 0.687. The van der Waals surface area contributed by atoms with E-state index >= 15 is 0 Å². The minimum atomic E-state index is 0.0138. The Balaban J connectivity index is 2.96. The van der Waals surface area contributed by atoms with E-state index in [1.807, 2.05) is 32.0 Å². The fourth-order valence-electron chi connectivity index (χ4n) is 1.71. The van der Waals surface area contributed by atoms with Crippen molar-refractivity contribution in [3.63, 3.8) is 0 Å². The molecular formula is C13H19N3. The number of nitriles is 1. The van der Waals surface area contributed by atoms with Gasteiger partial charge in [0.15, 0.2) is 0 Å². The SMILES string of the molecule is CCN(CC(C)C#N)c1cccc(C)c1N. The van der Waals surface area contributed by atoms with Gasteiger partial charge in [-0.3, -0.25) is 0 Å². The second-order valence-electron chi connectivity index (χ2n) is 4.08. The molecule has 0 spiro atoms. The molecule has 0 aliphatic carbocycles. The lowest BCUT2D eigenvalue weighted by Gasteiger charge is -2.26. The summed E-state index contributed by atoms with van der Waals surface area (Å²) in [6, 6.07) is 8.26. The lowest BCUT2D eigenvalue weighted by Crippen LogP contribution is -2.28. The quantitative estimate of drug-likeness (QED) is 0.789. The lowest BCUT2D eigenvalue weighted by atomic mass is 10.1. The van der Waals surface area contributed by atoms with Crippen molar-refractivity contribution in [2.75, 3.05) is 23.7 Å². The summed E-state index contributed by atoms with van der Waals surface area (Å²) in [5.74, 6) is 0.0138. The van der Waals surface area contributed by atoms with Crippen LogP contribution in [0.15, 0.2) is 18.2 Å². The van der Waals surface area contributed by atoms with Gasteiger partial charge in [-0.05, 0) is 32.4 Å². The molecule has 0 saturated carbocycles. The largest absolute Gasteiger partial charge is 0.397 e. The number of nitrogens with zero attached hydrogens (tertiary/aromatic N) is 2. The van der Waals surface area contributed by atoms with Gasteiger partial charge in [-0.2, -0.15) is 5.26 Å². The number of hydrogen-bond donors (Lipinski definition) is 1. The van der Waals surface area contributed by atoms with Crippen LogP contribution in [0.5, 0.6) is 0 Å². The van der Waals surface area contributed by atoms with Crippen LogP contribution >= 0.6 is 0 Å². The van der Waals surface area contributed by atoms with Gasteiger partial charge in [0.1, 0.15) is 0 Å². The number of hydrogen-bond acceptors (Lipinski definition) is 3. The highest BCUT2D eigenvalue weighted by atomic mass is 15.1. The molecule has 0 bridgehead atoms. The van der Waals surface area contributed by atoms with Crippen LogP contribution in [0.2, 0.25) is 0 Å². The summed E-state index contributed by atoms with van der Waals surface area (Å²) >= 11 is 0. The Bertz CT molecular complexity index is 393. The minimum absolute atomic E-state index is 0.0138. The average Bonchev–Trinajstić information content (AvgIpc) is 2.29. The van der Waals surface area contributed by atoms with Gasteiger partial charge < -0.3 is 10.6 Å². The maximum Gasteiger partial charge on any atom is 0.0671 e. The summed E-state index contributed by atoms with van der Waals surface area (Å²) in [7, 11) is 0. The van der Waals surface area contributed by atoms with Crippen LogP contribution in [0.1, 0.15) is 19.4 Å². The van der Waals surface area contributed by atoms with Crippen molar-refractivity contribution >= 4 is 11.4 Å². The monoisotopic (exact) mass is 217 g/mol. The molecule has 0 saturated heterocycles. The topological polar surface area (TPSA) is 53.0 Å². The van der Waals surface area contributed by atoms with Gasteiger partial charge in [-0.25, -0.2) is 0 Å². The molecule has 0 aliphatic heterocycles. The number of anilines is 2. The molecule has 3 nitrogen and oxygen atoms in total. The van der Waals surface area contributed by atoms with Crippen LogP contribution in [0.4, 0.5) is 11.4 Å². The predicted octanol–water partition coefficient (Wildman–Crippen LogP) is 2.56. The Morgan fingerprint density at radius 3 is 2.75 bits per heavy atom. The van der Waals surface area contributed by atoms with Gasteiger partial charge in [0.25, 0.3) is 0 Å². The zero-order valence-electron chi connectivity index (χ0n) is 10.2. The first kappa shape index (κ1) is 12.4. The Hall–Kier alpha value is -1.69. The zero-order valence-corrected chi connectivity index (χ0v) is 10.2. The molecule has 3 heteroatoms. The van der Waals surface area contributed by atoms with E-state index in [0.717, 1.165) is 30.0 Å². The van der Waals surface area contributed by atoms with Gasteiger partial charge in [-0.15, -0.1) is 0 Å². The highest BCUT2D eigenvalue weighted by Crippen LogP contribution is 2.26. The fourth-order valence-corrected chi connectivity index (χ4v) is 1.71. The number of benzene rings is 1. The molecule has 1 aromatic rings. The molecule has 0 fully saturated rings. The average molecular weight is 217 g/mol. The smallest absolute Gasteiger partial charge is 0.0671 e. The first-order valence-corrected chi connectivity index (χ1v) is 5.59. The molecule has 1 atom stereocenters. The van der Waals surface area contributed by atoms with Gasteiger partial charge in [0.2, 0.25) is 0 Å². The number of rotatable bonds is 4. The predicted molar refractivity (Wildman–Crippen MR) is 68.3 cm³/mol. The van der Waals surface area contributed by atoms with Crippen molar-refractivity contribution in [2.45, 2.75) is 20.8 Å². The summed E-state index contributed by atoms with van der Waals surface area (Å²) in [6.45, 7) is 7.58. The van der Waals surface area contributed by atoms with Crippen LogP contribution in [0.3, 0.4) is 0 Å². The molecule has 2 N–H and O–H groups in total. The number of nitrogens with two attached hydrogens (primary N) is 1. The normalized spacial score (nSPS) is 11.9. The van der Waals surface area contributed by atoms with Crippen LogP contribution in [-0.4, -0.2) is 13.1 Å². The minimum Gasteiger partial charge on any atom is -0.397 e. The summed E-state index contributed by atoms with van der Waals surface area (Å²) in [5, 5.41) is 8.84. The Morgan fingerprint density at radius 1 is 1.50 bits per heavy atom. The Kier molecular flexibility index (Phi) is 4.19. The van der Waals surface area contributed by atoms with Crippen molar-refractivity contribution in [1.82, 2.24) is 0 Å². The van der Waals surface area contributed by atoms with E-state index in [1.54, 1.807) is 0 Å². The Morgan fingerprint density at radius 2 is 2.19 bits per heavy atom. The first-order valence-electron chi connectivity index (χ1n) is 5.59. The maximum atomic E-state index is 8.84. The summed E-state index contributed by atoms with van der Waals surface area (Å²) in [4.78, 5) is 2.15.